The number of hydrogen-bond donors (Lipinski definition) is 2. The lowest BCUT2D eigenvalue weighted by molar-refractivity contribution is -0.138. The lowest BCUT2D eigenvalue weighted by atomic mass is 9.97. The van der Waals surface area contributed by atoms with Crippen LogP contribution in [0.3, 0.4) is 0 Å². The minimum Gasteiger partial charge on any atom is -0.480 e. The fourth-order valence-corrected chi connectivity index (χ4v) is 4.55. The van der Waals surface area contributed by atoms with Crippen molar-refractivity contribution in [3.63, 3.8) is 0 Å². The molecule has 4 atom stereocenters. The van der Waals surface area contributed by atoms with E-state index < -0.39 is 41.9 Å². The van der Waals surface area contributed by atoms with Gasteiger partial charge < -0.3 is 19.4 Å². The number of aliphatic carboxylic acids is 1. The number of carboxylic acid groups (broad SMARTS) is 1. The molecule has 176 valence electrons. The lowest BCUT2D eigenvalue weighted by Crippen LogP contribution is -2.32. The fraction of sp³-hybridized carbons (Fsp3) is 0.458. The topological polar surface area (TPSA) is 115 Å². The summed E-state index contributed by atoms with van der Waals surface area (Å²) in [5.74, 6) is -1.24. The number of halogens is 1. The number of carboxylic acids is 1. The first-order valence-electron chi connectivity index (χ1n) is 11.2. The van der Waals surface area contributed by atoms with Gasteiger partial charge in [-0.15, -0.1) is 11.6 Å². The predicted molar refractivity (Wildman–Crippen MR) is 123 cm³/mol. The number of alkyl halides is 1. The van der Waals surface area contributed by atoms with Gasteiger partial charge in [-0.05, 0) is 24.5 Å². The van der Waals surface area contributed by atoms with Crippen molar-refractivity contribution in [1.29, 1.82) is 0 Å². The quantitative estimate of drug-likeness (QED) is 0.356. The number of nitrogens with zero attached hydrogens (tertiary/aromatic N) is 2. The number of aliphatic hydroxyl groups is 1. The number of furan rings is 1. The first-order valence-corrected chi connectivity index (χ1v) is 11.6. The highest BCUT2D eigenvalue weighted by Gasteiger charge is 2.43. The molecule has 0 bridgehead atoms. The van der Waals surface area contributed by atoms with Crippen LogP contribution in [-0.2, 0) is 16.0 Å². The molecule has 0 spiro atoms. The van der Waals surface area contributed by atoms with Gasteiger partial charge in [0.25, 0.3) is 0 Å². The van der Waals surface area contributed by atoms with E-state index in [9.17, 15) is 19.8 Å². The largest absolute Gasteiger partial charge is 0.480 e. The molecule has 1 aliphatic heterocycles. The van der Waals surface area contributed by atoms with Crippen LogP contribution in [0, 0.1) is 5.92 Å². The molecule has 33 heavy (non-hydrogen) atoms. The molecule has 8 nitrogen and oxygen atoms in total. The third-order valence-electron chi connectivity index (χ3n) is 6.13. The Morgan fingerprint density at radius 2 is 2.06 bits per heavy atom. The molecule has 0 amide bonds. The van der Waals surface area contributed by atoms with E-state index in [-0.39, 0.29) is 12.1 Å². The van der Waals surface area contributed by atoms with Crippen LogP contribution in [0.4, 0.5) is 0 Å². The molecule has 2 N–H and O–H groups in total. The van der Waals surface area contributed by atoms with Crippen LogP contribution in [0.5, 0.6) is 0 Å². The third-order valence-corrected chi connectivity index (χ3v) is 6.64. The van der Waals surface area contributed by atoms with E-state index in [2.05, 4.69) is 24.0 Å². The molecule has 2 aromatic heterocycles. The molecule has 0 saturated carbocycles. The van der Waals surface area contributed by atoms with Crippen molar-refractivity contribution in [2.75, 3.05) is 6.61 Å². The Kier molecular flexibility index (Phi) is 7.17. The molecule has 9 heteroatoms. The number of rotatable bonds is 9. The summed E-state index contributed by atoms with van der Waals surface area (Å²) in [6, 6.07) is 9.96. The first-order chi connectivity index (χ1) is 15.9. The van der Waals surface area contributed by atoms with Crippen LogP contribution in [-0.4, -0.2) is 43.8 Å². The van der Waals surface area contributed by atoms with E-state index >= 15 is 0 Å². The van der Waals surface area contributed by atoms with Crippen molar-refractivity contribution in [3.05, 3.63) is 52.6 Å². The van der Waals surface area contributed by atoms with Crippen molar-refractivity contribution in [3.8, 4) is 11.3 Å². The molecule has 0 radical (unpaired) electrons. The van der Waals surface area contributed by atoms with E-state index in [1.165, 1.54) is 23.0 Å². The highest BCUT2D eigenvalue weighted by atomic mass is 35.5. The summed E-state index contributed by atoms with van der Waals surface area (Å²) in [6.07, 6.45) is 4.79. The first kappa shape index (κ1) is 23.5. The number of benzene rings is 1. The van der Waals surface area contributed by atoms with Gasteiger partial charge in [-0.3, -0.25) is 9.36 Å². The highest BCUT2D eigenvalue weighted by Crippen LogP contribution is 2.37. The standard InChI is InChI=1S/C24H27ClN2O6/c1-2-3-4-5-14-6-8-15(9-7-14)18-10-16-12-27(24(31)26-22(16)33-18)20-11-17(19(13-28)32-20)21(25)23(29)30/h6-10,12,17,19-21,28H,2-5,11,13H2,1H3,(H,29,30)/t17-,19-,20+,21?/m0/s1. The van der Waals surface area contributed by atoms with Crippen molar-refractivity contribution in [2.45, 2.75) is 56.7 Å². The second-order valence-corrected chi connectivity index (χ2v) is 8.88. The number of ether oxygens (including phenoxy) is 1. The summed E-state index contributed by atoms with van der Waals surface area (Å²) in [5, 5.41) is 18.2. The third kappa shape index (κ3) is 4.98. The molecule has 3 aromatic rings. The Hall–Kier alpha value is -2.68. The van der Waals surface area contributed by atoms with E-state index in [0.717, 1.165) is 18.4 Å². The molecule has 1 unspecified atom stereocenters. The van der Waals surface area contributed by atoms with Gasteiger partial charge in [-0.25, -0.2) is 4.79 Å². The molecule has 3 heterocycles. The van der Waals surface area contributed by atoms with Gasteiger partial charge in [0, 0.05) is 24.1 Å². The summed E-state index contributed by atoms with van der Waals surface area (Å²) >= 11 is 5.99. The highest BCUT2D eigenvalue weighted by molar-refractivity contribution is 6.29. The van der Waals surface area contributed by atoms with E-state index in [4.69, 9.17) is 20.8 Å². The molecule has 1 saturated heterocycles. The normalized spacial score (nSPS) is 21.5. The number of aromatic nitrogens is 2. The lowest BCUT2D eigenvalue weighted by Gasteiger charge is -2.17. The van der Waals surface area contributed by atoms with Gasteiger partial charge in [0.15, 0.2) is 0 Å². The predicted octanol–water partition coefficient (Wildman–Crippen LogP) is 3.98. The van der Waals surface area contributed by atoms with E-state index in [1.54, 1.807) is 6.20 Å². The van der Waals surface area contributed by atoms with E-state index in [0.29, 0.717) is 11.1 Å². The molecule has 1 aliphatic rings. The molecular weight excluding hydrogens is 448 g/mol. The van der Waals surface area contributed by atoms with Crippen LogP contribution < -0.4 is 5.69 Å². The number of fused-ring (bicyclic) bond motifs is 1. The van der Waals surface area contributed by atoms with Crippen LogP contribution in [0.1, 0.15) is 44.4 Å². The average molecular weight is 475 g/mol. The Morgan fingerprint density at radius 1 is 1.30 bits per heavy atom. The number of unbranched alkanes of at least 4 members (excludes halogenated alkanes) is 2. The van der Waals surface area contributed by atoms with Gasteiger partial charge in [-0.1, -0.05) is 44.0 Å². The zero-order valence-corrected chi connectivity index (χ0v) is 19.1. The Balaban J connectivity index is 1.57. The summed E-state index contributed by atoms with van der Waals surface area (Å²) in [6.45, 7) is 1.79. The van der Waals surface area contributed by atoms with Crippen LogP contribution >= 0.6 is 11.6 Å². The van der Waals surface area contributed by atoms with Crippen LogP contribution in [0.25, 0.3) is 22.4 Å². The zero-order chi connectivity index (χ0) is 23.5. The van der Waals surface area contributed by atoms with Gasteiger partial charge in [-0.2, -0.15) is 4.98 Å². The van der Waals surface area contributed by atoms with Gasteiger partial charge in [0.05, 0.1) is 18.1 Å². The fourth-order valence-electron chi connectivity index (χ4n) is 4.28. The smallest absolute Gasteiger partial charge is 0.353 e. The summed E-state index contributed by atoms with van der Waals surface area (Å²) < 4.78 is 12.9. The Bertz CT molecular complexity index is 1170. The van der Waals surface area contributed by atoms with Crippen molar-refractivity contribution < 1.29 is 24.2 Å². The maximum Gasteiger partial charge on any atom is 0.353 e. The SMILES string of the molecule is CCCCCc1ccc(-c2cc3cn([C@H]4C[C@H](C(Cl)C(=O)O)[C@H](CO)O4)c(=O)nc3o2)cc1. The number of aliphatic hydroxyl groups excluding tert-OH is 1. The average Bonchev–Trinajstić information content (AvgIpc) is 3.42. The zero-order valence-electron chi connectivity index (χ0n) is 18.3. The van der Waals surface area contributed by atoms with E-state index in [1.807, 2.05) is 18.2 Å². The summed E-state index contributed by atoms with van der Waals surface area (Å²) in [5.41, 5.74) is 1.78. The molecule has 1 aromatic carbocycles. The van der Waals surface area contributed by atoms with Crippen LogP contribution in [0.2, 0.25) is 0 Å². The second kappa shape index (κ2) is 10.1. The molecule has 0 aliphatic carbocycles. The number of carbonyl (C=O) groups is 1. The molecule has 4 rings (SSSR count). The number of aryl methyl sites for hydroxylation is 1. The molecular formula is C24H27ClN2O6. The summed E-state index contributed by atoms with van der Waals surface area (Å²) in [7, 11) is 0. The Morgan fingerprint density at radius 3 is 2.73 bits per heavy atom. The maximum atomic E-state index is 12.6. The summed E-state index contributed by atoms with van der Waals surface area (Å²) in [4.78, 5) is 28.0. The van der Waals surface area contributed by atoms with Crippen molar-refractivity contribution in [2.24, 2.45) is 5.92 Å². The van der Waals surface area contributed by atoms with Gasteiger partial charge >= 0.3 is 11.7 Å². The van der Waals surface area contributed by atoms with Crippen molar-refractivity contribution >= 4 is 28.7 Å². The van der Waals surface area contributed by atoms with Crippen LogP contribution in [0.15, 0.2) is 45.7 Å². The van der Waals surface area contributed by atoms with Gasteiger partial charge in [0.1, 0.15) is 17.4 Å². The van der Waals surface area contributed by atoms with Gasteiger partial charge in [0.2, 0.25) is 5.71 Å². The minimum absolute atomic E-state index is 0.170. The monoisotopic (exact) mass is 474 g/mol. The Labute approximate surface area is 195 Å². The maximum absolute atomic E-state index is 12.6. The second-order valence-electron chi connectivity index (χ2n) is 8.41. The van der Waals surface area contributed by atoms with Crippen molar-refractivity contribution in [1.82, 2.24) is 9.55 Å². The number of hydrogen-bond acceptors (Lipinski definition) is 6. The minimum atomic E-state index is -1.23. The molecule has 1 fully saturated rings.